The smallest absolute Gasteiger partial charge is 0.446 e. The molecule has 1 N–H and O–H groups in total. The summed E-state index contributed by atoms with van der Waals surface area (Å²) in [5.74, 6) is -1.03. The van der Waals surface area contributed by atoms with Crippen LogP contribution in [-0.2, 0) is 11.3 Å². The fourth-order valence-corrected chi connectivity index (χ4v) is 2.12. The number of hydrogen-bond acceptors (Lipinski definition) is 5. The molecular weight excluding hydrogens is 283 g/mol. The molecule has 1 rings (SSSR count). The third kappa shape index (κ3) is 3.87. The number of rotatable bonds is 3. The number of ether oxygens (including phenoxy) is 1. The fraction of sp³-hybridized carbons (Fsp3) is 0.273. The Balaban J connectivity index is 3.47. The van der Waals surface area contributed by atoms with Gasteiger partial charge in [0, 0.05) is 4.90 Å². The van der Waals surface area contributed by atoms with E-state index in [0.29, 0.717) is 0 Å². The number of alkyl halides is 3. The number of carbonyl (C=O) groups excluding carboxylic acids is 1. The predicted octanol–water partition coefficient (Wildman–Crippen LogP) is 2.45. The number of hydrogen-bond donors (Lipinski definition) is 1. The molecule has 102 valence electrons. The second kappa shape index (κ2) is 5.95. The summed E-state index contributed by atoms with van der Waals surface area (Å²) < 4.78 is 41.7. The highest BCUT2D eigenvalue weighted by atomic mass is 32.2. The van der Waals surface area contributed by atoms with E-state index in [1.165, 1.54) is 0 Å². The van der Waals surface area contributed by atoms with Crippen molar-refractivity contribution < 1.29 is 27.8 Å². The van der Waals surface area contributed by atoms with Crippen molar-refractivity contribution in [3.05, 3.63) is 28.8 Å². The molecule has 0 saturated carbocycles. The van der Waals surface area contributed by atoms with E-state index < -0.39 is 40.3 Å². The summed E-state index contributed by atoms with van der Waals surface area (Å²) in [6, 6.07) is 3.77. The third-order valence-electron chi connectivity index (χ3n) is 2.08. The first-order valence-corrected chi connectivity index (χ1v) is 5.66. The van der Waals surface area contributed by atoms with E-state index in [1.807, 2.05) is 0 Å². The highest BCUT2D eigenvalue weighted by molar-refractivity contribution is 8.00. The molecule has 0 aliphatic heterocycles. The lowest BCUT2D eigenvalue weighted by Gasteiger charge is -2.12. The van der Waals surface area contributed by atoms with Crippen LogP contribution in [0.5, 0.6) is 0 Å². The molecule has 0 saturated heterocycles. The van der Waals surface area contributed by atoms with Crippen molar-refractivity contribution in [2.75, 3.05) is 7.11 Å². The van der Waals surface area contributed by atoms with Gasteiger partial charge >= 0.3 is 11.5 Å². The van der Waals surface area contributed by atoms with Gasteiger partial charge in [-0.05, 0) is 29.5 Å². The summed E-state index contributed by atoms with van der Waals surface area (Å²) in [7, 11) is 1.01. The number of halogens is 3. The topological polar surface area (TPSA) is 70.3 Å². The average Bonchev–Trinajstić information content (AvgIpc) is 2.34. The van der Waals surface area contributed by atoms with E-state index in [4.69, 9.17) is 10.4 Å². The first-order chi connectivity index (χ1) is 8.82. The maximum absolute atomic E-state index is 12.4. The normalized spacial score (nSPS) is 10.9. The van der Waals surface area contributed by atoms with Gasteiger partial charge in [-0.2, -0.15) is 18.4 Å². The van der Waals surface area contributed by atoms with E-state index in [9.17, 15) is 18.0 Å². The van der Waals surface area contributed by atoms with Crippen LogP contribution >= 0.6 is 11.8 Å². The summed E-state index contributed by atoms with van der Waals surface area (Å²) >= 11 is -0.533. The molecule has 0 aromatic heterocycles. The lowest BCUT2D eigenvalue weighted by atomic mass is 10.0. The predicted molar refractivity (Wildman–Crippen MR) is 60.3 cm³/mol. The van der Waals surface area contributed by atoms with E-state index in [-0.39, 0.29) is 11.1 Å². The zero-order chi connectivity index (χ0) is 14.6. The average molecular weight is 291 g/mol. The number of thioether (sulfide) groups is 1. The Kier molecular flexibility index (Phi) is 4.80. The molecule has 8 heteroatoms. The van der Waals surface area contributed by atoms with E-state index in [1.54, 1.807) is 6.07 Å². The Morgan fingerprint density at radius 2 is 2.16 bits per heavy atom. The SMILES string of the molecule is COC(=O)c1c(C#N)cc(CO)cc1SC(F)(F)F. The zero-order valence-corrected chi connectivity index (χ0v) is 10.4. The molecule has 0 fully saturated rings. The monoisotopic (exact) mass is 291 g/mol. The van der Waals surface area contributed by atoms with Crippen LogP contribution in [0.3, 0.4) is 0 Å². The van der Waals surface area contributed by atoms with Gasteiger partial charge in [0.1, 0.15) is 6.07 Å². The Bertz CT molecular complexity index is 537. The Labute approximate surface area is 110 Å². The van der Waals surface area contributed by atoms with E-state index >= 15 is 0 Å². The first kappa shape index (κ1) is 15.3. The molecule has 0 heterocycles. The van der Waals surface area contributed by atoms with Crippen LogP contribution in [0.15, 0.2) is 17.0 Å². The second-order valence-electron chi connectivity index (χ2n) is 3.33. The van der Waals surface area contributed by atoms with E-state index in [2.05, 4.69) is 4.74 Å². The number of nitrogens with zero attached hydrogens (tertiary/aromatic N) is 1. The molecule has 0 atom stereocenters. The Morgan fingerprint density at radius 3 is 2.58 bits per heavy atom. The minimum Gasteiger partial charge on any atom is -0.465 e. The van der Waals surface area contributed by atoms with E-state index in [0.717, 1.165) is 19.2 Å². The fourth-order valence-electron chi connectivity index (χ4n) is 1.37. The molecule has 0 aliphatic carbocycles. The summed E-state index contributed by atoms with van der Waals surface area (Å²) in [4.78, 5) is 11.0. The summed E-state index contributed by atoms with van der Waals surface area (Å²) in [5.41, 5.74) is -5.24. The van der Waals surface area contributed by atoms with Gasteiger partial charge < -0.3 is 9.84 Å². The molecular formula is C11H8F3NO3S. The number of nitriles is 1. The molecule has 0 radical (unpaired) electrons. The molecule has 0 unspecified atom stereocenters. The van der Waals surface area contributed by atoms with Crippen LogP contribution in [-0.4, -0.2) is 23.7 Å². The van der Waals surface area contributed by atoms with Gasteiger partial charge in [0.25, 0.3) is 0 Å². The van der Waals surface area contributed by atoms with Gasteiger partial charge in [-0.15, -0.1) is 0 Å². The molecule has 19 heavy (non-hydrogen) atoms. The number of benzene rings is 1. The van der Waals surface area contributed by atoms with Crippen LogP contribution in [0.25, 0.3) is 0 Å². The maximum atomic E-state index is 12.4. The van der Waals surface area contributed by atoms with Crippen molar-refractivity contribution in [1.82, 2.24) is 0 Å². The van der Waals surface area contributed by atoms with Gasteiger partial charge in [0.05, 0.1) is 24.8 Å². The number of methoxy groups -OCH3 is 1. The van der Waals surface area contributed by atoms with Crippen molar-refractivity contribution in [3.63, 3.8) is 0 Å². The van der Waals surface area contributed by atoms with Gasteiger partial charge in [-0.3, -0.25) is 0 Å². The first-order valence-electron chi connectivity index (χ1n) is 4.84. The van der Waals surface area contributed by atoms with Gasteiger partial charge in [0.2, 0.25) is 0 Å². The van der Waals surface area contributed by atoms with Crippen LogP contribution in [0.4, 0.5) is 13.2 Å². The van der Waals surface area contributed by atoms with Crippen molar-refractivity contribution in [1.29, 1.82) is 5.26 Å². The van der Waals surface area contributed by atoms with Crippen LogP contribution < -0.4 is 0 Å². The van der Waals surface area contributed by atoms with Crippen molar-refractivity contribution in [2.24, 2.45) is 0 Å². The van der Waals surface area contributed by atoms with Crippen molar-refractivity contribution in [3.8, 4) is 6.07 Å². The third-order valence-corrected chi connectivity index (χ3v) is 2.85. The molecule has 0 bridgehead atoms. The Hall–Kier alpha value is -1.72. The number of carbonyl (C=O) groups is 1. The van der Waals surface area contributed by atoms with Crippen molar-refractivity contribution in [2.45, 2.75) is 17.0 Å². The number of esters is 1. The molecule has 0 aliphatic rings. The van der Waals surface area contributed by atoms with Crippen LogP contribution in [0.1, 0.15) is 21.5 Å². The van der Waals surface area contributed by atoms with Gasteiger partial charge in [0.15, 0.2) is 0 Å². The molecule has 4 nitrogen and oxygen atoms in total. The number of aliphatic hydroxyl groups is 1. The second-order valence-corrected chi connectivity index (χ2v) is 4.43. The minimum absolute atomic E-state index is 0.107. The molecule has 1 aromatic carbocycles. The van der Waals surface area contributed by atoms with Gasteiger partial charge in [-0.25, -0.2) is 4.79 Å². The standard InChI is InChI=1S/C11H8F3NO3S/c1-18-10(17)9-7(4-15)2-6(5-16)3-8(9)19-11(12,13)14/h2-3,16H,5H2,1H3. The largest absolute Gasteiger partial charge is 0.465 e. The summed E-state index contributed by atoms with van der Waals surface area (Å²) in [6.07, 6.45) is 0. The summed E-state index contributed by atoms with van der Waals surface area (Å²) in [6.45, 7) is -0.540. The summed E-state index contributed by atoms with van der Waals surface area (Å²) in [5, 5.41) is 17.8. The Morgan fingerprint density at radius 1 is 1.53 bits per heavy atom. The maximum Gasteiger partial charge on any atom is 0.446 e. The van der Waals surface area contributed by atoms with Crippen LogP contribution in [0, 0.1) is 11.3 Å². The number of aliphatic hydroxyl groups excluding tert-OH is 1. The highest BCUT2D eigenvalue weighted by Gasteiger charge is 2.33. The highest BCUT2D eigenvalue weighted by Crippen LogP contribution is 2.40. The minimum atomic E-state index is -4.62. The van der Waals surface area contributed by atoms with Crippen LogP contribution in [0.2, 0.25) is 0 Å². The molecule has 1 aromatic rings. The molecule has 0 spiro atoms. The van der Waals surface area contributed by atoms with Gasteiger partial charge in [-0.1, -0.05) is 0 Å². The quantitative estimate of drug-likeness (QED) is 0.684. The lowest BCUT2D eigenvalue weighted by molar-refractivity contribution is -0.0328. The zero-order valence-electron chi connectivity index (χ0n) is 9.61. The molecule has 0 amide bonds. The van der Waals surface area contributed by atoms with Crippen molar-refractivity contribution >= 4 is 17.7 Å². The lowest BCUT2D eigenvalue weighted by Crippen LogP contribution is -2.10.